The Bertz CT molecular complexity index is 833. The van der Waals surface area contributed by atoms with E-state index in [9.17, 15) is 9.65 Å². The van der Waals surface area contributed by atoms with Crippen LogP contribution in [0.5, 0.6) is 0 Å². The average Bonchev–Trinajstić information content (AvgIpc) is 2.60. The first-order chi connectivity index (χ1) is 11.2. The molecular weight excluding hydrogens is 309 g/mol. The quantitative estimate of drug-likeness (QED) is 0.797. The monoisotopic (exact) mass is 323 g/mol. The summed E-state index contributed by atoms with van der Waals surface area (Å²) >= 11 is 1.35. The van der Waals surface area contributed by atoms with Gasteiger partial charge in [-0.25, -0.2) is 9.37 Å². The Morgan fingerprint density at radius 2 is 1.96 bits per heavy atom. The first-order valence-electron chi connectivity index (χ1n) is 7.45. The number of thioether (sulfide) groups is 1. The molecule has 1 aliphatic carbocycles. The van der Waals surface area contributed by atoms with Gasteiger partial charge in [0.2, 0.25) is 0 Å². The number of rotatable bonds is 3. The number of fused-ring (bicyclic) bond motifs is 1. The van der Waals surface area contributed by atoms with Gasteiger partial charge in [-0.05, 0) is 61.1 Å². The van der Waals surface area contributed by atoms with Crippen LogP contribution in [0.15, 0.2) is 29.3 Å². The highest BCUT2D eigenvalue weighted by Crippen LogP contribution is 2.30. The second kappa shape index (κ2) is 6.81. The molecule has 3 nitrogen and oxygen atoms in total. The summed E-state index contributed by atoms with van der Waals surface area (Å²) in [6.45, 7) is 0. The molecule has 0 radical (unpaired) electrons. The van der Waals surface area contributed by atoms with Gasteiger partial charge in [0.1, 0.15) is 16.9 Å². The molecule has 0 N–H and O–H groups in total. The fraction of sp³-hybridized carbons (Fsp3) is 0.278. The highest BCUT2D eigenvalue weighted by atomic mass is 32.2. The third-order valence-corrected chi connectivity index (χ3v) is 4.97. The Morgan fingerprint density at radius 3 is 2.74 bits per heavy atom. The van der Waals surface area contributed by atoms with Crippen LogP contribution in [0.3, 0.4) is 0 Å². The number of hydrogen-bond acceptors (Lipinski definition) is 4. The first-order valence-corrected chi connectivity index (χ1v) is 8.44. The predicted octanol–water partition coefficient (Wildman–Crippen LogP) is 4.14. The summed E-state index contributed by atoms with van der Waals surface area (Å²) in [5.41, 5.74) is 3.66. The molecule has 0 saturated heterocycles. The summed E-state index contributed by atoms with van der Waals surface area (Å²) < 4.78 is 13.9. The summed E-state index contributed by atoms with van der Waals surface area (Å²) in [6.07, 6.45) is 4.17. The van der Waals surface area contributed by atoms with Crippen LogP contribution in [0, 0.1) is 28.5 Å². The molecule has 114 valence electrons. The summed E-state index contributed by atoms with van der Waals surface area (Å²) in [4.78, 5) is 4.62. The topological polar surface area (TPSA) is 60.5 Å². The maximum Gasteiger partial charge on any atom is 0.127 e. The van der Waals surface area contributed by atoms with Crippen molar-refractivity contribution in [3.8, 4) is 12.1 Å². The number of nitriles is 2. The molecule has 0 unspecified atom stereocenters. The fourth-order valence-electron chi connectivity index (χ4n) is 2.71. The molecule has 0 spiro atoms. The van der Waals surface area contributed by atoms with Crippen LogP contribution in [-0.2, 0) is 18.6 Å². The Kier molecular flexibility index (Phi) is 4.60. The number of aryl methyl sites for hydroxylation is 2. The molecule has 3 rings (SSSR count). The van der Waals surface area contributed by atoms with Crippen molar-refractivity contribution in [3.05, 3.63) is 58.0 Å². The third-order valence-electron chi connectivity index (χ3n) is 3.93. The van der Waals surface area contributed by atoms with Crippen molar-refractivity contribution in [2.45, 2.75) is 36.5 Å². The van der Waals surface area contributed by atoms with Gasteiger partial charge in [-0.1, -0.05) is 0 Å². The van der Waals surface area contributed by atoms with Crippen LogP contribution < -0.4 is 0 Å². The minimum atomic E-state index is -0.340. The van der Waals surface area contributed by atoms with E-state index in [0.29, 0.717) is 27.5 Å². The predicted molar refractivity (Wildman–Crippen MR) is 86.3 cm³/mol. The summed E-state index contributed by atoms with van der Waals surface area (Å²) in [5.74, 6) is 0.00918. The summed E-state index contributed by atoms with van der Waals surface area (Å²) in [5, 5.41) is 18.9. The van der Waals surface area contributed by atoms with Gasteiger partial charge in [-0.15, -0.1) is 11.8 Å². The van der Waals surface area contributed by atoms with Crippen LogP contribution in [0.4, 0.5) is 4.39 Å². The molecule has 1 aromatic heterocycles. The van der Waals surface area contributed by atoms with E-state index in [-0.39, 0.29) is 5.82 Å². The number of aromatic nitrogens is 1. The molecule has 23 heavy (non-hydrogen) atoms. The Hall–Kier alpha value is -2.37. The van der Waals surface area contributed by atoms with Crippen molar-refractivity contribution < 1.29 is 4.39 Å². The van der Waals surface area contributed by atoms with Crippen LogP contribution in [-0.4, -0.2) is 4.98 Å². The molecule has 2 aromatic rings. The van der Waals surface area contributed by atoms with Crippen LogP contribution in [0.25, 0.3) is 0 Å². The number of halogens is 1. The van der Waals surface area contributed by atoms with Gasteiger partial charge in [0.15, 0.2) is 0 Å². The van der Waals surface area contributed by atoms with Gasteiger partial charge >= 0.3 is 0 Å². The Balaban J connectivity index is 1.86. The van der Waals surface area contributed by atoms with Crippen molar-refractivity contribution in [2.75, 3.05) is 0 Å². The molecule has 0 atom stereocenters. The van der Waals surface area contributed by atoms with Gasteiger partial charge in [-0.2, -0.15) is 10.5 Å². The molecule has 1 heterocycles. The largest absolute Gasteiger partial charge is 0.245 e. The van der Waals surface area contributed by atoms with E-state index in [1.165, 1.54) is 23.9 Å². The van der Waals surface area contributed by atoms with E-state index in [4.69, 9.17) is 5.26 Å². The smallest absolute Gasteiger partial charge is 0.127 e. The third kappa shape index (κ3) is 3.36. The highest BCUT2D eigenvalue weighted by molar-refractivity contribution is 7.98. The zero-order valence-electron chi connectivity index (χ0n) is 12.5. The number of pyridine rings is 1. The van der Waals surface area contributed by atoms with Gasteiger partial charge in [0.05, 0.1) is 17.2 Å². The van der Waals surface area contributed by atoms with E-state index in [0.717, 1.165) is 36.9 Å². The van der Waals surface area contributed by atoms with E-state index < -0.39 is 0 Å². The number of hydrogen-bond donors (Lipinski definition) is 0. The van der Waals surface area contributed by atoms with Crippen molar-refractivity contribution in [3.63, 3.8) is 0 Å². The van der Waals surface area contributed by atoms with E-state index >= 15 is 0 Å². The average molecular weight is 323 g/mol. The maximum absolute atomic E-state index is 13.9. The fourth-order valence-corrected chi connectivity index (χ4v) is 3.65. The SMILES string of the molecule is N#Cc1ccc(F)c(CSc2nc3c(cc2C#N)CCCC3)c1. The van der Waals surface area contributed by atoms with Crippen LogP contribution in [0.2, 0.25) is 0 Å². The maximum atomic E-state index is 13.9. The van der Waals surface area contributed by atoms with Gasteiger partial charge < -0.3 is 0 Å². The Labute approximate surface area is 138 Å². The zero-order chi connectivity index (χ0) is 16.2. The van der Waals surface area contributed by atoms with Gasteiger partial charge in [0, 0.05) is 11.4 Å². The molecule has 1 aliphatic rings. The second-order valence-electron chi connectivity index (χ2n) is 5.47. The molecule has 0 saturated carbocycles. The van der Waals surface area contributed by atoms with E-state index in [1.54, 1.807) is 6.07 Å². The lowest BCUT2D eigenvalue weighted by Crippen LogP contribution is -2.07. The molecular formula is C18H14FN3S. The van der Waals surface area contributed by atoms with E-state index in [1.807, 2.05) is 12.1 Å². The van der Waals surface area contributed by atoms with Crippen molar-refractivity contribution >= 4 is 11.8 Å². The molecule has 5 heteroatoms. The van der Waals surface area contributed by atoms with Crippen molar-refractivity contribution in [2.24, 2.45) is 0 Å². The lowest BCUT2D eigenvalue weighted by molar-refractivity contribution is 0.617. The minimum absolute atomic E-state index is 0.340. The normalized spacial score (nSPS) is 13.0. The lowest BCUT2D eigenvalue weighted by atomic mass is 9.95. The molecule has 0 bridgehead atoms. The Morgan fingerprint density at radius 1 is 1.13 bits per heavy atom. The highest BCUT2D eigenvalue weighted by Gasteiger charge is 2.16. The second-order valence-corrected chi connectivity index (χ2v) is 6.44. The van der Waals surface area contributed by atoms with Crippen molar-refractivity contribution in [1.29, 1.82) is 10.5 Å². The summed E-state index contributed by atoms with van der Waals surface area (Å²) in [7, 11) is 0. The summed E-state index contributed by atoms with van der Waals surface area (Å²) in [6, 6.07) is 10.4. The molecule has 0 amide bonds. The molecule has 0 fully saturated rings. The van der Waals surface area contributed by atoms with Gasteiger partial charge in [0.25, 0.3) is 0 Å². The number of nitrogens with zero attached hydrogens (tertiary/aromatic N) is 3. The van der Waals surface area contributed by atoms with Crippen LogP contribution >= 0.6 is 11.8 Å². The first kappa shape index (κ1) is 15.5. The zero-order valence-corrected chi connectivity index (χ0v) is 13.3. The van der Waals surface area contributed by atoms with Crippen molar-refractivity contribution in [1.82, 2.24) is 4.98 Å². The minimum Gasteiger partial charge on any atom is -0.245 e. The van der Waals surface area contributed by atoms with Crippen LogP contribution in [0.1, 0.15) is 40.8 Å². The van der Waals surface area contributed by atoms with Gasteiger partial charge in [-0.3, -0.25) is 0 Å². The lowest BCUT2D eigenvalue weighted by Gasteiger charge is -2.16. The standard InChI is InChI=1S/C18H14FN3S/c19-16-6-5-12(9-20)7-15(16)11-23-18-14(10-21)8-13-3-1-2-4-17(13)22-18/h5-8H,1-4,11H2. The molecule has 0 aliphatic heterocycles. The number of benzene rings is 1. The van der Waals surface area contributed by atoms with E-state index in [2.05, 4.69) is 11.1 Å². The molecule has 1 aromatic carbocycles.